The number of hydrogen-bond donors (Lipinski definition) is 0. The van der Waals surface area contributed by atoms with Crippen molar-refractivity contribution in [3.8, 4) is 17.0 Å². The van der Waals surface area contributed by atoms with Gasteiger partial charge in [0, 0.05) is 18.7 Å². The molecule has 5 rings (SSSR count). The molecule has 26 heavy (non-hydrogen) atoms. The zero-order chi connectivity index (χ0) is 17.7. The van der Waals surface area contributed by atoms with E-state index >= 15 is 0 Å². The van der Waals surface area contributed by atoms with Crippen molar-refractivity contribution in [1.82, 2.24) is 19.5 Å². The first-order valence-electron chi connectivity index (χ1n) is 8.82. The Morgan fingerprint density at radius 2 is 2.08 bits per heavy atom. The average Bonchev–Trinajstić information content (AvgIpc) is 3.37. The van der Waals surface area contributed by atoms with Gasteiger partial charge >= 0.3 is 6.03 Å². The predicted octanol–water partition coefficient (Wildman–Crippen LogP) is 2.81. The highest BCUT2D eigenvalue weighted by Gasteiger charge is 2.41. The molecule has 2 saturated heterocycles. The van der Waals surface area contributed by atoms with E-state index in [1.807, 2.05) is 41.3 Å². The Hall–Kier alpha value is -3.09. The van der Waals surface area contributed by atoms with Crippen LogP contribution in [0.25, 0.3) is 16.9 Å². The summed E-state index contributed by atoms with van der Waals surface area (Å²) in [5.74, 6) is 1.42. The summed E-state index contributed by atoms with van der Waals surface area (Å²) in [6, 6.07) is 11.9. The number of ether oxygens (including phenoxy) is 1. The number of hydrogen-bond acceptors (Lipinski definition) is 4. The normalized spacial score (nSPS) is 19.4. The van der Waals surface area contributed by atoms with E-state index in [-0.39, 0.29) is 6.03 Å². The number of benzene rings is 1. The maximum Gasteiger partial charge on any atom is 0.326 e. The van der Waals surface area contributed by atoms with Crippen LogP contribution in [0, 0.1) is 0 Å². The minimum absolute atomic E-state index is 0.0540. The van der Waals surface area contributed by atoms with Crippen molar-refractivity contribution in [3.05, 3.63) is 42.6 Å². The maximum absolute atomic E-state index is 12.7. The van der Waals surface area contributed by atoms with E-state index in [0.29, 0.717) is 18.4 Å². The molecule has 2 aliphatic rings. The van der Waals surface area contributed by atoms with Gasteiger partial charge in [-0.15, -0.1) is 5.10 Å². The minimum atomic E-state index is 0.0540. The van der Waals surface area contributed by atoms with Crippen LogP contribution in [-0.4, -0.2) is 51.8 Å². The third-order valence-corrected chi connectivity index (χ3v) is 5.25. The SMILES string of the molecule is COc1ccccc1-c1cnc2ccc(N3CC4CCCN4C3=O)nn12. The number of anilines is 1. The molecule has 0 bridgehead atoms. The van der Waals surface area contributed by atoms with Gasteiger partial charge in [0.2, 0.25) is 0 Å². The standard InChI is InChI=1S/C19H19N5O2/c1-26-16-7-3-2-6-14(16)15-11-20-17-8-9-18(21-24(15)17)23-12-13-5-4-10-22(13)19(23)25/h2-3,6-9,11,13H,4-5,10,12H2,1H3. The quantitative estimate of drug-likeness (QED) is 0.729. The number of carbonyl (C=O) groups excluding carboxylic acids is 1. The van der Waals surface area contributed by atoms with E-state index in [1.54, 1.807) is 22.7 Å². The van der Waals surface area contributed by atoms with Crippen molar-refractivity contribution in [1.29, 1.82) is 0 Å². The third-order valence-electron chi connectivity index (χ3n) is 5.25. The summed E-state index contributed by atoms with van der Waals surface area (Å²) < 4.78 is 7.26. The summed E-state index contributed by atoms with van der Waals surface area (Å²) in [7, 11) is 1.65. The molecule has 3 aromatic rings. The molecule has 1 unspecified atom stereocenters. The van der Waals surface area contributed by atoms with Crippen LogP contribution in [-0.2, 0) is 0 Å². The van der Waals surface area contributed by atoms with E-state index < -0.39 is 0 Å². The smallest absolute Gasteiger partial charge is 0.326 e. The predicted molar refractivity (Wildman–Crippen MR) is 97.4 cm³/mol. The van der Waals surface area contributed by atoms with Gasteiger partial charge in [-0.05, 0) is 37.1 Å². The number of aromatic nitrogens is 3. The largest absolute Gasteiger partial charge is 0.496 e. The van der Waals surface area contributed by atoms with Crippen LogP contribution in [0.5, 0.6) is 5.75 Å². The number of methoxy groups -OCH3 is 1. The molecule has 0 N–H and O–H groups in total. The highest BCUT2D eigenvalue weighted by Crippen LogP contribution is 2.32. The van der Waals surface area contributed by atoms with E-state index in [0.717, 1.165) is 42.0 Å². The monoisotopic (exact) mass is 349 g/mol. The fourth-order valence-corrected chi connectivity index (χ4v) is 3.96. The lowest BCUT2D eigenvalue weighted by molar-refractivity contribution is 0.219. The lowest BCUT2D eigenvalue weighted by Crippen LogP contribution is -2.32. The number of nitrogens with zero attached hydrogens (tertiary/aromatic N) is 5. The highest BCUT2D eigenvalue weighted by molar-refractivity contribution is 5.94. The fourth-order valence-electron chi connectivity index (χ4n) is 3.96. The van der Waals surface area contributed by atoms with Gasteiger partial charge < -0.3 is 9.64 Å². The Morgan fingerprint density at radius 3 is 2.92 bits per heavy atom. The van der Waals surface area contributed by atoms with Crippen molar-refractivity contribution >= 4 is 17.5 Å². The number of urea groups is 1. The van der Waals surface area contributed by atoms with Gasteiger partial charge in [0.15, 0.2) is 11.5 Å². The molecule has 7 heteroatoms. The van der Waals surface area contributed by atoms with Gasteiger partial charge in [-0.2, -0.15) is 0 Å². The number of amides is 2. The summed E-state index contributed by atoms with van der Waals surface area (Å²) >= 11 is 0. The van der Waals surface area contributed by atoms with E-state index in [9.17, 15) is 4.79 Å². The topological polar surface area (TPSA) is 63.0 Å². The Morgan fingerprint density at radius 1 is 1.19 bits per heavy atom. The zero-order valence-electron chi connectivity index (χ0n) is 14.5. The van der Waals surface area contributed by atoms with Gasteiger partial charge in [-0.3, -0.25) is 4.90 Å². The molecule has 0 radical (unpaired) electrons. The van der Waals surface area contributed by atoms with Crippen molar-refractivity contribution < 1.29 is 9.53 Å². The van der Waals surface area contributed by atoms with Crippen molar-refractivity contribution in [2.75, 3.05) is 25.1 Å². The number of rotatable bonds is 3. The van der Waals surface area contributed by atoms with Gasteiger partial charge in [0.1, 0.15) is 5.75 Å². The maximum atomic E-state index is 12.7. The molecule has 1 aromatic carbocycles. The minimum Gasteiger partial charge on any atom is -0.496 e. The van der Waals surface area contributed by atoms with Crippen LogP contribution in [0.2, 0.25) is 0 Å². The summed E-state index contributed by atoms with van der Waals surface area (Å²) in [5, 5.41) is 4.72. The number of para-hydroxylation sites is 1. The molecule has 4 heterocycles. The number of fused-ring (bicyclic) bond motifs is 2. The van der Waals surface area contributed by atoms with E-state index in [4.69, 9.17) is 9.84 Å². The van der Waals surface area contributed by atoms with Crippen molar-refractivity contribution in [2.24, 2.45) is 0 Å². The molecule has 2 aliphatic heterocycles. The molecule has 2 fully saturated rings. The Labute approximate surface area is 150 Å². The summed E-state index contributed by atoms with van der Waals surface area (Å²) in [5.41, 5.74) is 2.49. The second-order valence-corrected chi connectivity index (χ2v) is 6.69. The third kappa shape index (κ3) is 2.16. The van der Waals surface area contributed by atoms with Crippen LogP contribution in [0.1, 0.15) is 12.8 Å². The Balaban J connectivity index is 1.59. The summed E-state index contributed by atoms with van der Waals surface area (Å²) in [6.45, 7) is 1.55. The molecule has 132 valence electrons. The lowest BCUT2D eigenvalue weighted by atomic mass is 10.1. The van der Waals surface area contributed by atoms with Crippen LogP contribution >= 0.6 is 0 Å². The lowest BCUT2D eigenvalue weighted by Gasteiger charge is -2.16. The van der Waals surface area contributed by atoms with Crippen LogP contribution < -0.4 is 9.64 Å². The van der Waals surface area contributed by atoms with Gasteiger partial charge in [0.25, 0.3) is 0 Å². The molecular formula is C19H19N5O2. The Bertz CT molecular complexity index is 999. The summed E-state index contributed by atoms with van der Waals surface area (Å²) in [4.78, 5) is 20.9. The molecule has 0 aliphatic carbocycles. The zero-order valence-corrected chi connectivity index (χ0v) is 14.5. The summed E-state index contributed by atoms with van der Waals surface area (Å²) in [6.07, 6.45) is 3.95. The van der Waals surface area contributed by atoms with Crippen LogP contribution in [0.3, 0.4) is 0 Å². The van der Waals surface area contributed by atoms with Gasteiger partial charge in [-0.25, -0.2) is 14.3 Å². The number of imidazole rings is 1. The molecular weight excluding hydrogens is 330 g/mol. The van der Waals surface area contributed by atoms with Crippen molar-refractivity contribution in [2.45, 2.75) is 18.9 Å². The second kappa shape index (κ2) is 5.72. The molecule has 2 amide bonds. The van der Waals surface area contributed by atoms with Gasteiger partial charge in [-0.1, -0.05) is 12.1 Å². The molecule has 2 aromatic heterocycles. The van der Waals surface area contributed by atoms with E-state index in [1.165, 1.54) is 0 Å². The van der Waals surface area contributed by atoms with Crippen LogP contribution in [0.4, 0.5) is 10.6 Å². The van der Waals surface area contributed by atoms with E-state index in [2.05, 4.69) is 4.98 Å². The fraction of sp³-hybridized carbons (Fsp3) is 0.316. The Kier molecular flexibility index (Phi) is 3.34. The average molecular weight is 349 g/mol. The first kappa shape index (κ1) is 15.2. The highest BCUT2D eigenvalue weighted by atomic mass is 16.5. The first-order chi connectivity index (χ1) is 12.8. The van der Waals surface area contributed by atoms with Gasteiger partial charge in [0.05, 0.1) is 25.0 Å². The molecule has 1 atom stereocenters. The molecule has 7 nitrogen and oxygen atoms in total. The second-order valence-electron chi connectivity index (χ2n) is 6.69. The molecule has 0 spiro atoms. The first-order valence-corrected chi connectivity index (χ1v) is 8.82. The number of carbonyl (C=O) groups is 1. The van der Waals surface area contributed by atoms with Crippen molar-refractivity contribution in [3.63, 3.8) is 0 Å². The van der Waals surface area contributed by atoms with Crippen LogP contribution in [0.15, 0.2) is 42.6 Å². The molecule has 0 saturated carbocycles.